The summed E-state index contributed by atoms with van der Waals surface area (Å²) in [6, 6.07) is 90.5. The topological polar surface area (TPSA) is 59.0 Å². The summed E-state index contributed by atoms with van der Waals surface area (Å²) in [7, 11) is 0. The van der Waals surface area contributed by atoms with Crippen molar-refractivity contribution in [3.05, 3.63) is 266 Å². The molecule has 6 heteroatoms. The molecular formula is C76H48N2O4. The Bertz CT molecular complexity index is 5110. The van der Waals surface area contributed by atoms with Crippen LogP contribution < -0.4 is 9.80 Å². The van der Waals surface area contributed by atoms with Crippen molar-refractivity contribution >= 4 is 143 Å². The van der Waals surface area contributed by atoms with Crippen molar-refractivity contribution in [2.24, 2.45) is 0 Å². The van der Waals surface area contributed by atoms with Crippen molar-refractivity contribution in [2.75, 3.05) is 9.80 Å². The normalized spacial score (nSPS) is 12.0. The minimum absolute atomic E-state index is 0.733. The Morgan fingerprint density at radius 3 is 1.06 bits per heavy atom. The Kier molecular flexibility index (Phi) is 10.0. The van der Waals surface area contributed by atoms with Gasteiger partial charge < -0.3 is 27.5 Å². The average molecular weight is 1050 g/mol. The van der Waals surface area contributed by atoms with Crippen LogP contribution in [0.4, 0.5) is 34.1 Å². The Labute approximate surface area is 470 Å². The zero-order valence-corrected chi connectivity index (χ0v) is 44.8. The lowest BCUT2D eigenvalue weighted by Crippen LogP contribution is -2.11. The summed E-state index contributed by atoms with van der Waals surface area (Å²) in [4.78, 5) is 4.66. The molecule has 0 aliphatic heterocycles. The monoisotopic (exact) mass is 1050 g/mol. The minimum Gasteiger partial charge on any atom is -0.453 e. The van der Waals surface area contributed by atoms with E-state index in [-0.39, 0.29) is 0 Å². The predicted octanol–water partition coefficient (Wildman–Crippen LogP) is 22.5. The second-order valence-corrected chi connectivity index (χ2v) is 21.6. The van der Waals surface area contributed by atoms with Crippen molar-refractivity contribution in [1.29, 1.82) is 0 Å². The van der Waals surface area contributed by atoms with Crippen LogP contribution in [0.2, 0.25) is 0 Å². The molecule has 0 unspecified atom stereocenters. The van der Waals surface area contributed by atoms with E-state index in [0.29, 0.717) is 0 Å². The molecule has 0 aliphatic rings. The van der Waals surface area contributed by atoms with E-state index in [9.17, 15) is 0 Å². The molecule has 17 rings (SSSR count). The summed E-state index contributed by atoms with van der Waals surface area (Å²) in [6.07, 6.45) is 0. The molecule has 0 bridgehead atoms. The zero-order valence-electron chi connectivity index (χ0n) is 44.8. The molecule has 13 aromatic carbocycles. The number of rotatable bonds is 8. The summed E-state index contributed by atoms with van der Waals surface area (Å²) >= 11 is 0. The van der Waals surface area contributed by atoms with Gasteiger partial charge in [0.05, 0.1) is 11.4 Å². The fourth-order valence-electron chi connectivity index (χ4n) is 12.9. The molecule has 82 heavy (non-hydrogen) atoms. The van der Waals surface area contributed by atoms with Gasteiger partial charge in [0.25, 0.3) is 0 Å². The molecule has 4 aromatic heterocycles. The molecule has 0 fully saturated rings. The molecule has 386 valence electrons. The highest BCUT2D eigenvalue weighted by molar-refractivity contribution is 6.22. The number of benzene rings is 13. The number of para-hydroxylation sites is 6. The third kappa shape index (κ3) is 7.01. The van der Waals surface area contributed by atoms with Crippen LogP contribution >= 0.6 is 0 Å². The molecule has 6 nitrogen and oxygen atoms in total. The molecule has 0 saturated carbocycles. The molecule has 0 saturated heterocycles. The smallest absolute Gasteiger partial charge is 0.178 e. The Morgan fingerprint density at radius 1 is 0.244 bits per heavy atom. The van der Waals surface area contributed by atoms with Gasteiger partial charge in [-0.3, -0.25) is 0 Å². The first-order valence-corrected chi connectivity index (χ1v) is 27.9. The third-order valence-electron chi connectivity index (χ3n) is 16.8. The first-order valence-electron chi connectivity index (χ1n) is 27.9. The Balaban J connectivity index is 0.782. The van der Waals surface area contributed by atoms with E-state index in [4.69, 9.17) is 17.7 Å². The van der Waals surface area contributed by atoms with Gasteiger partial charge in [0, 0.05) is 77.0 Å². The number of hydrogen-bond donors (Lipinski definition) is 0. The first-order chi connectivity index (χ1) is 40.5. The van der Waals surface area contributed by atoms with Crippen LogP contribution in [0.15, 0.2) is 272 Å². The number of hydrogen-bond acceptors (Lipinski definition) is 6. The maximum absolute atomic E-state index is 7.01. The van der Waals surface area contributed by atoms with Crippen LogP contribution in [-0.2, 0) is 0 Å². The van der Waals surface area contributed by atoms with Gasteiger partial charge in [-0.1, -0.05) is 170 Å². The van der Waals surface area contributed by atoms with E-state index in [2.05, 4.69) is 266 Å². The lowest BCUT2D eigenvalue weighted by atomic mass is 10.0. The number of furan rings is 4. The standard InChI is InChI=1S/C76H48N2O4/c1-45-17-9-11-29-65(45)77(67-31-15-27-59-57-25-13-23-55(71(57)81-73(59)67)47-19-5-3-6-20-47)53-35-33-49-41-63-61-37-38-62-64-42-50-34-36-54(40-52(50)44-70(64)80-76(62)75(61)79-69(63)43-51(49)39-53)78(66-30-12-10-18-46(66)2)68-32-16-28-60-58-26-14-24-56(72(58)82-74(60)68)48-21-7-4-8-22-48/h3-44H,1-2H3. The number of anilines is 6. The minimum atomic E-state index is 0.733. The van der Waals surface area contributed by atoms with Crippen molar-refractivity contribution in [3.63, 3.8) is 0 Å². The van der Waals surface area contributed by atoms with Crippen molar-refractivity contribution in [2.45, 2.75) is 13.8 Å². The quantitative estimate of drug-likeness (QED) is 0.151. The van der Waals surface area contributed by atoms with Gasteiger partial charge in [-0.2, -0.15) is 0 Å². The predicted molar refractivity (Wildman–Crippen MR) is 340 cm³/mol. The van der Waals surface area contributed by atoms with Gasteiger partial charge in [-0.15, -0.1) is 0 Å². The highest BCUT2D eigenvalue weighted by Gasteiger charge is 2.25. The van der Waals surface area contributed by atoms with Crippen molar-refractivity contribution in [3.8, 4) is 22.3 Å². The molecule has 0 N–H and O–H groups in total. The van der Waals surface area contributed by atoms with Crippen LogP contribution in [0.25, 0.3) is 132 Å². The molecule has 4 heterocycles. The van der Waals surface area contributed by atoms with Crippen LogP contribution in [0.1, 0.15) is 11.1 Å². The summed E-state index contributed by atoms with van der Waals surface area (Å²) in [5.74, 6) is 0. The fourth-order valence-corrected chi connectivity index (χ4v) is 12.9. The van der Waals surface area contributed by atoms with E-state index in [1.807, 2.05) is 12.1 Å². The summed E-state index contributed by atoms with van der Waals surface area (Å²) in [6.45, 7) is 4.33. The number of fused-ring (bicyclic) bond motifs is 15. The Morgan fingerprint density at radius 2 is 0.622 bits per heavy atom. The molecule has 17 aromatic rings. The van der Waals surface area contributed by atoms with E-state index < -0.39 is 0 Å². The zero-order chi connectivity index (χ0) is 54.2. The van der Waals surface area contributed by atoms with Crippen molar-refractivity contribution < 1.29 is 17.7 Å². The molecule has 0 atom stereocenters. The summed E-state index contributed by atoms with van der Waals surface area (Å²) < 4.78 is 27.9. The van der Waals surface area contributed by atoms with Gasteiger partial charge in [-0.25, -0.2) is 0 Å². The van der Waals surface area contributed by atoms with Crippen LogP contribution in [0, 0.1) is 13.8 Å². The van der Waals surface area contributed by atoms with E-state index in [1.54, 1.807) is 0 Å². The molecule has 0 radical (unpaired) electrons. The van der Waals surface area contributed by atoms with E-state index in [0.717, 1.165) is 177 Å². The average Bonchev–Trinajstić information content (AvgIpc) is 4.17. The Hall–Kier alpha value is -10.8. The molecule has 0 aliphatic carbocycles. The molecule has 0 amide bonds. The molecule has 0 spiro atoms. The van der Waals surface area contributed by atoms with Gasteiger partial charge >= 0.3 is 0 Å². The highest BCUT2D eigenvalue weighted by Crippen LogP contribution is 2.49. The van der Waals surface area contributed by atoms with E-state index >= 15 is 0 Å². The van der Waals surface area contributed by atoms with Crippen LogP contribution in [-0.4, -0.2) is 0 Å². The lowest BCUT2D eigenvalue weighted by Gasteiger charge is -2.27. The van der Waals surface area contributed by atoms with Gasteiger partial charge in [0.2, 0.25) is 0 Å². The maximum Gasteiger partial charge on any atom is 0.178 e. The van der Waals surface area contributed by atoms with Gasteiger partial charge in [0.15, 0.2) is 22.3 Å². The van der Waals surface area contributed by atoms with Gasteiger partial charge in [-0.05, 0) is 143 Å². The maximum atomic E-state index is 7.01. The van der Waals surface area contributed by atoms with Crippen LogP contribution in [0.3, 0.4) is 0 Å². The SMILES string of the molecule is Cc1ccccc1N(c1ccc2cc3c(cc2c1)oc1c3ccc2c3cc4ccc(N(c5ccccc5C)c5cccc6c5oc5c(-c7ccccc7)cccc56)cc4cc3oc21)c1cccc2c1oc1c(-c3ccccc3)cccc12. The number of aryl methyl sites for hydroxylation is 2. The lowest BCUT2D eigenvalue weighted by molar-refractivity contribution is 0.634. The largest absolute Gasteiger partial charge is 0.453 e. The fraction of sp³-hybridized carbons (Fsp3) is 0.0263. The second kappa shape index (κ2) is 17.8. The molecular weight excluding hydrogens is 1000 g/mol. The van der Waals surface area contributed by atoms with E-state index in [1.165, 1.54) is 0 Å². The summed E-state index contributed by atoms with van der Waals surface area (Å²) in [5.41, 5.74) is 19.2. The summed E-state index contributed by atoms with van der Waals surface area (Å²) in [5, 5.41) is 12.7. The highest BCUT2D eigenvalue weighted by atomic mass is 16.4. The third-order valence-corrected chi connectivity index (χ3v) is 16.8. The first kappa shape index (κ1) is 46.1. The van der Waals surface area contributed by atoms with Crippen LogP contribution in [0.5, 0.6) is 0 Å². The number of nitrogens with zero attached hydrogens (tertiary/aromatic N) is 2. The van der Waals surface area contributed by atoms with Gasteiger partial charge in [0.1, 0.15) is 22.3 Å². The second-order valence-electron chi connectivity index (χ2n) is 21.6. The van der Waals surface area contributed by atoms with Crippen molar-refractivity contribution in [1.82, 2.24) is 0 Å².